The molecule has 32 heavy (non-hydrogen) atoms. The van der Waals surface area contributed by atoms with Crippen LogP contribution in [0.2, 0.25) is 0 Å². The zero-order chi connectivity index (χ0) is 22.6. The Morgan fingerprint density at radius 3 is 1.78 bits per heavy atom. The summed E-state index contributed by atoms with van der Waals surface area (Å²) in [5, 5.41) is 11.9. The van der Waals surface area contributed by atoms with Crippen molar-refractivity contribution in [2.24, 2.45) is 5.92 Å². The summed E-state index contributed by atoms with van der Waals surface area (Å²) in [5.41, 5.74) is 0.448. The SMILES string of the molecule is CC(=O)N1CCC(CC(=O)N2CCN(C(O)(c3ccccc3)c3ccccc3)CC2)CC1. The molecule has 2 amide bonds. The maximum absolute atomic E-state index is 12.9. The average molecular weight is 436 g/mol. The average Bonchev–Trinajstić information content (AvgIpc) is 2.85. The zero-order valence-electron chi connectivity index (χ0n) is 18.8. The van der Waals surface area contributed by atoms with Crippen LogP contribution in [0.5, 0.6) is 0 Å². The number of likely N-dealkylation sites (tertiary alicyclic amines) is 1. The van der Waals surface area contributed by atoms with E-state index >= 15 is 0 Å². The molecule has 2 aliphatic heterocycles. The number of hydrogen-bond acceptors (Lipinski definition) is 4. The van der Waals surface area contributed by atoms with Gasteiger partial charge in [0, 0.05) is 63.7 Å². The number of carbonyl (C=O) groups excluding carboxylic acids is 2. The van der Waals surface area contributed by atoms with Gasteiger partial charge in [0.25, 0.3) is 0 Å². The molecule has 0 atom stereocenters. The van der Waals surface area contributed by atoms with Gasteiger partial charge in [-0.2, -0.15) is 0 Å². The highest BCUT2D eigenvalue weighted by Gasteiger charge is 2.40. The number of nitrogens with zero attached hydrogens (tertiary/aromatic N) is 3. The second-order valence-electron chi connectivity index (χ2n) is 8.93. The molecular formula is C26H33N3O3. The molecule has 2 aliphatic rings. The van der Waals surface area contributed by atoms with E-state index < -0.39 is 5.72 Å². The topological polar surface area (TPSA) is 64.1 Å². The number of piperidine rings is 1. The Morgan fingerprint density at radius 2 is 1.31 bits per heavy atom. The lowest BCUT2D eigenvalue weighted by molar-refractivity contribution is -0.141. The smallest absolute Gasteiger partial charge is 0.222 e. The van der Waals surface area contributed by atoms with Gasteiger partial charge < -0.3 is 14.9 Å². The van der Waals surface area contributed by atoms with Crippen LogP contribution in [0.1, 0.15) is 37.3 Å². The molecule has 2 saturated heterocycles. The number of rotatable bonds is 5. The molecule has 1 N–H and O–H groups in total. The number of carbonyl (C=O) groups is 2. The van der Waals surface area contributed by atoms with Gasteiger partial charge in [-0.15, -0.1) is 0 Å². The minimum absolute atomic E-state index is 0.121. The molecule has 0 unspecified atom stereocenters. The number of amides is 2. The summed E-state index contributed by atoms with van der Waals surface area (Å²) in [6.45, 7) is 5.53. The van der Waals surface area contributed by atoms with Crippen molar-refractivity contribution in [3.63, 3.8) is 0 Å². The second kappa shape index (κ2) is 9.84. The van der Waals surface area contributed by atoms with Crippen LogP contribution in [0, 0.1) is 5.92 Å². The first-order valence-electron chi connectivity index (χ1n) is 11.6. The first-order chi connectivity index (χ1) is 15.5. The first kappa shape index (κ1) is 22.5. The Kier molecular flexibility index (Phi) is 6.92. The number of aliphatic hydroxyl groups is 1. The van der Waals surface area contributed by atoms with Gasteiger partial charge in [-0.05, 0) is 18.8 Å². The summed E-state index contributed by atoms with van der Waals surface area (Å²) >= 11 is 0. The second-order valence-corrected chi connectivity index (χ2v) is 8.93. The molecular weight excluding hydrogens is 402 g/mol. The minimum atomic E-state index is -1.23. The third-order valence-corrected chi connectivity index (χ3v) is 6.97. The van der Waals surface area contributed by atoms with Crippen LogP contribution in [0.15, 0.2) is 60.7 Å². The fourth-order valence-corrected chi connectivity index (χ4v) is 4.98. The maximum atomic E-state index is 12.9. The molecule has 170 valence electrons. The van der Waals surface area contributed by atoms with Gasteiger partial charge in [0.2, 0.25) is 11.8 Å². The standard InChI is InChI=1S/C26H33N3O3/c1-21(30)27-14-12-22(13-15-27)20-25(31)28-16-18-29(19-17-28)26(32,23-8-4-2-5-9-23)24-10-6-3-7-11-24/h2-11,22,32H,12-20H2,1H3. The van der Waals surface area contributed by atoms with Crippen molar-refractivity contribution < 1.29 is 14.7 Å². The molecule has 0 aliphatic carbocycles. The molecule has 0 spiro atoms. The van der Waals surface area contributed by atoms with Crippen LogP contribution in [0.4, 0.5) is 0 Å². The quantitative estimate of drug-likeness (QED) is 0.784. The summed E-state index contributed by atoms with van der Waals surface area (Å²) in [4.78, 5) is 30.3. The zero-order valence-corrected chi connectivity index (χ0v) is 18.8. The molecule has 2 aromatic rings. The molecule has 0 bridgehead atoms. The van der Waals surface area contributed by atoms with E-state index in [1.807, 2.05) is 70.5 Å². The Morgan fingerprint density at radius 1 is 0.812 bits per heavy atom. The van der Waals surface area contributed by atoms with Gasteiger partial charge in [-0.3, -0.25) is 14.5 Å². The van der Waals surface area contributed by atoms with Crippen molar-refractivity contribution in [2.75, 3.05) is 39.3 Å². The third kappa shape index (κ3) is 4.71. The lowest BCUT2D eigenvalue weighted by atomic mass is 9.91. The largest absolute Gasteiger partial charge is 0.367 e. The minimum Gasteiger partial charge on any atom is -0.367 e. The molecule has 0 aromatic heterocycles. The highest BCUT2D eigenvalue weighted by molar-refractivity contribution is 5.77. The van der Waals surface area contributed by atoms with Crippen molar-refractivity contribution >= 4 is 11.8 Å². The van der Waals surface area contributed by atoms with Gasteiger partial charge in [0.15, 0.2) is 5.72 Å². The van der Waals surface area contributed by atoms with Crippen molar-refractivity contribution in [3.05, 3.63) is 71.8 Å². The van der Waals surface area contributed by atoms with Crippen LogP contribution in [0.25, 0.3) is 0 Å². The third-order valence-electron chi connectivity index (χ3n) is 6.97. The van der Waals surface area contributed by atoms with E-state index in [4.69, 9.17) is 0 Å². The maximum Gasteiger partial charge on any atom is 0.222 e. The van der Waals surface area contributed by atoms with E-state index in [-0.39, 0.29) is 11.8 Å². The Balaban J connectivity index is 1.39. The Bertz CT molecular complexity index is 863. The monoisotopic (exact) mass is 435 g/mol. The van der Waals surface area contributed by atoms with Crippen molar-refractivity contribution in [2.45, 2.75) is 31.9 Å². The molecule has 6 nitrogen and oxygen atoms in total. The van der Waals surface area contributed by atoms with Crippen LogP contribution in [-0.2, 0) is 15.3 Å². The number of hydrogen-bond donors (Lipinski definition) is 1. The van der Waals surface area contributed by atoms with Crippen molar-refractivity contribution in [3.8, 4) is 0 Å². The lowest BCUT2D eigenvalue weighted by Crippen LogP contribution is -2.57. The molecule has 0 radical (unpaired) electrons. The van der Waals surface area contributed by atoms with Gasteiger partial charge >= 0.3 is 0 Å². The van der Waals surface area contributed by atoms with E-state index in [0.717, 1.165) is 37.1 Å². The van der Waals surface area contributed by atoms with Crippen molar-refractivity contribution in [1.82, 2.24) is 14.7 Å². The molecule has 2 heterocycles. The molecule has 2 aromatic carbocycles. The fraction of sp³-hybridized carbons (Fsp3) is 0.462. The highest BCUT2D eigenvalue weighted by Crippen LogP contribution is 2.34. The Labute approximate surface area is 190 Å². The summed E-state index contributed by atoms with van der Waals surface area (Å²) < 4.78 is 0. The van der Waals surface area contributed by atoms with Crippen LogP contribution in [-0.4, -0.2) is 70.9 Å². The van der Waals surface area contributed by atoms with Gasteiger partial charge in [-0.25, -0.2) is 0 Å². The summed E-state index contributed by atoms with van der Waals surface area (Å²) in [5.74, 6) is 0.658. The Hall–Kier alpha value is -2.70. The first-order valence-corrected chi connectivity index (χ1v) is 11.6. The molecule has 4 rings (SSSR count). The lowest BCUT2D eigenvalue weighted by Gasteiger charge is -2.45. The molecule has 6 heteroatoms. The van der Waals surface area contributed by atoms with E-state index in [0.29, 0.717) is 38.5 Å². The number of benzene rings is 2. The molecule has 2 fully saturated rings. The van der Waals surface area contributed by atoms with E-state index in [1.54, 1.807) is 6.92 Å². The molecule has 0 saturated carbocycles. The summed E-state index contributed by atoms with van der Waals surface area (Å²) in [6.07, 6.45) is 2.34. The number of piperazine rings is 1. The van der Waals surface area contributed by atoms with Crippen LogP contribution in [0.3, 0.4) is 0 Å². The van der Waals surface area contributed by atoms with Crippen LogP contribution >= 0.6 is 0 Å². The van der Waals surface area contributed by atoms with Gasteiger partial charge in [0.1, 0.15) is 0 Å². The summed E-state index contributed by atoms with van der Waals surface area (Å²) in [6, 6.07) is 19.5. The summed E-state index contributed by atoms with van der Waals surface area (Å²) in [7, 11) is 0. The fourth-order valence-electron chi connectivity index (χ4n) is 4.98. The van der Waals surface area contributed by atoms with Gasteiger partial charge in [-0.1, -0.05) is 60.7 Å². The highest BCUT2D eigenvalue weighted by atomic mass is 16.3. The van der Waals surface area contributed by atoms with Gasteiger partial charge in [0.05, 0.1) is 0 Å². The van der Waals surface area contributed by atoms with E-state index in [2.05, 4.69) is 4.90 Å². The predicted octanol–water partition coefficient (Wildman–Crippen LogP) is 2.67. The van der Waals surface area contributed by atoms with Crippen molar-refractivity contribution in [1.29, 1.82) is 0 Å². The normalized spacial score (nSPS) is 18.6. The van der Waals surface area contributed by atoms with E-state index in [9.17, 15) is 14.7 Å². The van der Waals surface area contributed by atoms with Crippen LogP contribution < -0.4 is 0 Å². The predicted molar refractivity (Wildman–Crippen MR) is 124 cm³/mol. The van der Waals surface area contributed by atoms with E-state index in [1.165, 1.54) is 0 Å².